The van der Waals surface area contributed by atoms with E-state index in [4.69, 9.17) is 10.8 Å². The Balaban J connectivity index is 4.22. The van der Waals surface area contributed by atoms with Gasteiger partial charge in [-0.25, -0.2) is 0 Å². The van der Waals surface area contributed by atoms with Crippen LogP contribution in [-0.2, 0) is 9.59 Å². The van der Waals surface area contributed by atoms with Gasteiger partial charge in [0.25, 0.3) is 0 Å². The number of nitrogens with two attached hydrogens (primary N) is 1. The maximum absolute atomic E-state index is 11.0. The average molecular weight is 258 g/mol. The van der Waals surface area contributed by atoms with E-state index in [1.54, 1.807) is 0 Å². The van der Waals surface area contributed by atoms with Crippen LogP contribution in [0.25, 0.3) is 0 Å². The molecule has 0 saturated carbocycles. The topological polar surface area (TPSA) is 92.4 Å². The Labute approximate surface area is 109 Å². The van der Waals surface area contributed by atoms with E-state index in [0.717, 1.165) is 19.3 Å². The number of ketones is 1. The summed E-state index contributed by atoms with van der Waals surface area (Å²) in [5.41, 5.74) is 5.58. The highest BCUT2D eigenvalue weighted by molar-refractivity contribution is 5.80. The zero-order valence-electron chi connectivity index (χ0n) is 11.6. The molecule has 3 unspecified atom stereocenters. The minimum Gasteiger partial charge on any atom is -0.481 e. The van der Waals surface area contributed by atoms with Crippen molar-refractivity contribution in [3.8, 4) is 0 Å². The van der Waals surface area contributed by atoms with Crippen molar-refractivity contribution in [3.05, 3.63) is 0 Å². The zero-order chi connectivity index (χ0) is 14.1. The van der Waals surface area contributed by atoms with Crippen molar-refractivity contribution in [1.82, 2.24) is 5.32 Å². The van der Waals surface area contributed by atoms with Gasteiger partial charge in [-0.2, -0.15) is 0 Å². The molecule has 5 nitrogen and oxygen atoms in total. The van der Waals surface area contributed by atoms with Crippen molar-refractivity contribution in [2.24, 2.45) is 17.6 Å². The van der Waals surface area contributed by atoms with Crippen molar-refractivity contribution < 1.29 is 14.7 Å². The van der Waals surface area contributed by atoms with Crippen molar-refractivity contribution in [2.45, 2.75) is 52.6 Å². The smallest absolute Gasteiger partial charge is 0.303 e. The van der Waals surface area contributed by atoms with Crippen molar-refractivity contribution in [2.75, 3.05) is 6.54 Å². The second kappa shape index (κ2) is 9.05. The second-order valence-corrected chi connectivity index (χ2v) is 5.09. The summed E-state index contributed by atoms with van der Waals surface area (Å²) in [5.74, 6) is -0.420. The molecule has 18 heavy (non-hydrogen) atoms. The van der Waals surface area contributed by atoms with E-state index in [1.165, 1.54) is 6.92 Å². The van der Waals surface area contributed by atoms with Crippen LogP contribution >= 0.6 is 0 Å². The van der Waals surface area contributed by atoms with Crippen LogP contribution in [0.5, 0.6) is 0 Å². The number of rotatable bonds is 10. The number of nitrogens with one attached hydrogen (secondary N) is 1. The molecule has 0 radical (unpaired) electrons. The summed E-state index contributed by atoms with van der Waals surface area (Å²) in [7, 11) is 0. The molecular formula is C13H26N2O3. The number of carboxylic acids is 1. The first-order chi connectivity index (χ1) is 8.36. The van der Waals surface area contributed by atoms with Crippen LogP contribution in [0.4, 0.5) is 0 Å². The third-order valence-corrected chi connectivity index (χ3v) is 3.04. The van der Waals surface area contributed by atoms with Gasteiger partial charge >= 0.3 is 5.97 Å². The number of aliphatic carboxylic acids is 1. The third kappa shape index (κ3) is 8.20. The summed E-state index contributed by atoms with van der Waals surface area (Å²) in [6.45, 7) is 6.14. The maximum Gasteiger partial charge on any atom is 0.303 e. The summed E-state index contributed by atoms with van der Waals surface area (Å²) >= 11 is 0. The quantitative estimate of drug-likeness (QED) is 0.515. The third-order valence-electron chi connectivity index (χ3n) is 3.04. The Morgan fingerprint density at radius 2 is 2.00 bits per heavy atom. The molecule has 0 heterocycles. The number of hydrogen-bond donors (Lipinski definition) is 3. The van der Waals surface area contributed by atoms with E-state index in [9.17, 15) is 9.59 Å². The molecule has 5 heteroatoms. The minimum atomic E-state index is -0.804. The monoisotopic (exact) mass is 258 g/mol. The lowest BCUT2D eigenvalue weighted by Crippen LogP contribution is -2.45. The fraction of sp³-hybridized carbons (Fsp3) is 0.846. The van der Waals surface area contributed by atoms with Gasteiger partial charge in [-0.15, -0.1) is 0 Å². The van der Waals surface area contributed by atoms with Crippen LogP contribution in [0.3, 0.4) is 0 Å². The van der Waals surface area contributed by atoms with E-state index in [0.29, 0.717) is 12.5 Å². The Hall–Kier alpha value is -0.940. The Morgan fingerprint density at radius 1 is 1.39 bits per heavy atom. The SMILES string of the molecule is CCCC(C)CC(CNC(N)C(C)=O)CC(=O)O. The summed E-state index contributed by atoms with van der Waals surface area (Å²) in [6, 6.07) is 0. The van der Waals surface area contributed by atoms with Gasteiger partial charge in [-0.3, -0.25) is 14.9 Å². The Kier molecular flexibility index (Phi) is 8.58. The van der Waals surface area contributed by atoms with Gasteiger partial charge in [0.2, 0.25) is 0 Å². The van der Waals surface area contributed by atoms with Crippen LogP contribution < -0.4 is 11.1 Å². The van der Waals surface area contributed by atoms with E-state index in [-0.39, 0.29) is 18.1 Å². The summed E-state index contributed by atoms with van der Waals surface area (Å²) in [6.07, 6.45) is 2.46. The van der Waals surface area contributed by atoms with Crippen LogP contribution in [0.2, 0.25) is 0 Å². The molecule has 0 amide bonds. The van der Waals surface area contributed by atoms with Crippen LogP contribution in [0.1, 0.15) is 46.5 Å². The standard InChI is InChI=1S/C13H26N2O3/c1-4-5-9(2)6-11(7-12(17)18)8-15-13(14)10(3)16/h9,11,13,15H,4-8,14H2,1-3H3,(H,17,18). The molecule has 0 rings (SSSR count). The predicted octanol–water partition coefficient (Wildman–Crippen LogP) is 1.37. The largest absolute Gasteiger partial charge is 0.481 e. The first-order valence-corrected chi connectivity index (χ1v) is 6.58. The van der Waals surface area contributed by atoms with Crippen LogP contribution in [0.15, 0.2) is 0 Å². The first kappa shape index (κ1) is 17.1. The molecule has 0 aliphatic carbocycles. The summed E-state index contributed by atoms with van der Waals surface area (Å²) in [4.78, 5) is 21.8. The fourth-order valence-corrected chi connectivity index (χ4v) is 2.10. The lowest BCUT2D eigenvalue weighted by atomic mass is 9.90. The maximum atomic E-state index is 11.0. The van der Waals surface area contributed by atoms with Gasteiger partial charge in [0.15, 0.2) is 5.78 Å². The molecule has 0 saturated heterocycles. The number of carbonyl (C=O) groups excluding carboxylic acids is 1. The summed E-state index contributed by atoms with van der Waals surface area (Å²) in [5, 5.41) is 11.8. The normalized spacial score (nSPS) is 16.0. The molecule has 3 atom stereocenters. The van der Waals surface area contributed by atoms with Gasteiger partial charge in [-0.1, -0.05) is 26.7 Å². The molecule has 0 aromatic carbocycles. The number of carboxylic acid groups (broad SMARTS) is 1. The average Bonchev–Trinajstić information content (AvgIpc) is 2.24. The van der Waals surface area contributed by atoms with E-state index in [1.807, 2.05) is 0 Å². The molecule has 0 aliphatic heterocycles. The van der Waals surface area contributed by atoms with Gasteiger partial charge < -0.3 is 10.8 Å². The van der Waals surface area contributed by atoms with E-state index >= 15 is 0 Å². The number of hydrogen-bond acceptors (Lipinski definition) is 4. The number of Topliss-reactive ketones (excluding diaryl/α,β-unsaturated/α-hetero) is 1. The lowest BCUT2D eigenvalue weighted by molar-refractivity contribution is -0.138. The fourth-order valence-electron chi connectivity index (χ4n) is 2.10. The molecule has 0 bridgehead atoms. The molecule has 0 aliphatic rings. The highest BCUT2D eigenvalue weighted by atomic mass is 16.4. The molecular weight excluding hydrogens is 232 g/mol. The van der Waals surface area contributed by atoms with Crippen molar-refractivity contribution >= 4 is 11.8 Å². The van der Waals surface area contributed by atoms with Crippen LogP contribution in [0, 0.1) is 11.8 Å². The van der Waals surface area contributed by atoms with Crippen LogP contribution in [-0.4, -0.2) is 29.6 Å². The highest BCUT2D eigenvalue weighted by Gasteiger charge is 2.18. The van der Waals surface area contributed by atoms with Crippen molar-refractivity contribution in [3.63, 3.8) is 0 Å². The molecule has 0 aromatic heterocycles. The van der Waals surface area contributed by atoms with E-state index < -0.39 is 12.1 Å². The van der Waals surface area contributed by atoms with Gasteiger partial charge in [0, 0.05) is 13.0 Å². The molecule has 4 N–H and O–H groups in total. The van der Waals surface area contributed by atoms with Gasteiger partial charge in [0.1, 0.15) is 6.17 Å². The zero-order valence-corrected chi connectivity index (χ0v) is 11.6. The number of carbonyl (C=O) groups is 2. The Bertz CT molecular complexity index is 269. The van der Waals surface area contributed by atoms with Gasteiger partial charge in [-0.05, 0) is 25.2 Å². The minimum absolute atomic E-state index is 0.0226. The molecule has 0 fully saturated rings. The van der Waals surface area contributed by atoms with Crippen molar-refractivity contribution in [1.29, 1.82) is 0 Å². The summed E-state index contributed by atoms with van der Waals surface area (Å²) < 4.78 is 0. The second-order valence-electron chi connectivity index (χ2n) is 5.09. The van der Waals surface area contributed by atoms with E-state index in [2.05, 4.69) is 19.2 Å². The molecule has 106 valence electrons. The van der Waals surface area contributed by atoms with Gasteiger partial charge in [0.05, 0.1) is 0 Å². The Morgan fingerprint density at radius 3 is 2.44 bits per heavy atom. The highest BCUT2D eigenvalue weighted by Crippen LogP contribution is 2.19. The molecule has 0 aromatic rings. The molecule has 0 spiro atoms. The lowest BCUT2D eigenvalue weighted by Gasteiger charge is -2.21. The predicted molar refractivity (Wildman–Crippen MR) is 71.1 cm³/mol. The first-order valence-electron chi connectivity index (χ1n) is 6.58.